The van der Waals surface area contributed by atoms with Crippen LogP contribution in [0.4, 0.5) is 5.82 Å². The predicted molar refractivity (Wildman–Crippen MR) is 109 cm³/mol. The Morgan fingerprint density at radius 3 is 2.71 bits per heavy atom. The molecule has 1 aliphatic rings. The van der Waals surface area contributed by atoms with Crippen molar-refractivity contribution in [3.8, 4) is 17.1 Å². The second-order valence-electron chi connectivity index (χ2n) is 6.78. The van der Waals surface area contributed by atoms with E-state index in [4.69, 9.17) is 21.4 Å². The molecule has 1 saturated heterocycles. The molecule has 0 N–H and O–H groups in total. The highest BCUT2D eigenvalue weighted by molar-refractivity contribution is 6.30. The third kappa shape index (κ3) is 3.27. The summed E-state index contributed by atoms with van der Waals surface area (Å²) in [5.74, 6) is 2.43. The van der Waals surface area contributed by atoms with Crippen molar-refractivity contribution < 1.29 is 4.74 Å². The van der Waals surface area contributed by atoms with E-state index in [1.165, 1.54) is 0 Å². The summed E-state index contributed by atoms with van der Waals surface area (Å²) < 4.78 is 7.89. The normalized spacial score (nSPS) is 16.6. The molecule has 3 heterocycles. The van der Waals surface area contributed by atoms with E-state index < -0.39 is 0 Å². The lowest BCUT2D eigenvalue weighted by Crippen LogP contribution is -2.25. The van der Waals surface area contributed by atoms with Crippen LogP contribution >= 0.6 is 11.6 Å². The van der Waals surface area contributed by atoms with Crippen molar-refractivity contribution in [3.05, 3.63) is 71.8 Å². The molecule has 0 bridgehead atoms. The Kier molecular flexibility index (Phi) is 4.33. The zero-order valence-electron chi connectivity index (χ0n) is 15.1. The summed E-state index contributed by atoms with van der Waals surface area (Å²) in [5.41, 5.74) is 1.72. The van der Waals surface area contributed by atoms with Crippen LogP contribution in [0, 0.1) is 0 Å². The molecule has 1 aliphatic heterocycles. The first kappa shape index (κ1) is 17.0. The van der Waals surface area contributed by atoms with E-state index >= 15 is 0 Å². The summed E-state index contributed by atoms with van der Waals surface area (Å²) in [4.78, 5) is 2.23. The molecule has 0 radical (unpaired) electrons. The number of nitrogens with zero attached hydrogens (tertiary/aromatic N) is 5. The monoisotopic (exact) mass is 391 g/mol. The second-order valence-corrected chi connectivity index (χ2v) is 7.22. The summed E-state index contributed by atoms with van der Waals surface area (Å²) in [6, 6.07) is 21.4. The summed E-state index contributed by atoms with van der Waals surface area (Å²) >= 11 is 6.05. The summed E-state index contributed by atoms with van der Waals surface area (Å²) in [6.45, 7) is 1.65. The molecular formula is C21H18ClN5O. The quantitative estimate of drug-likeness (QED) is 0.524. The third-order valence-corrected chi connectivity index (χ3v) is 5.08. The number of hydrogen-bond donors (Lipinski definition) is 0. The molecule has 1 unspecified atom stereocenters. The zero-order valence-corrected chi connectivity index (χ0v) is 15.8. The number of fused-ring (bicyclic) bond motifs is 1. The van der Waals surface area contributed by atoms with Crippen molar-refractivity contribution in [1.82, 2.24) is 19.8 Å². The number of anilines is 1. The van der Waals surface area contributed by atoms with Crippen molar-refractivity contribution in [1.29, 1.82) is 0 Å². The van der Waals surface area contributed by atoms with Crippen molar-refractivity contribution in [2.75, 3.05) is 18.0 Å². The van der Waals surface area contributed by atoms with Gasteiger partial charge >= 0.3 is 0 Å². The third-order valence-electron chi connectivity index (χ3n) is 4.85. The highest BCUT2D eigenvalue weighted by atomic mass is 35.5. The van der Waals surface area contributed by atoms with Gasteiger partial charge in [-0.3, -0.25) is 0 Å². The fourth-order valence-electron chi connectivity index (χ4n) is 3.48. The highest BCUT2D eigenvalue weighted by Gasteiger charge is 2.26. The van der Waals surface area contributed by atoms with Gasteiger partial charge in [0.1, 0.15) is 17.7 Å². The standard InChI is InChI=1S/C21H18ClN5O/c22-16-7-4-8-17(13-16)28-18-11-12-26(14-18)20-10-9-19-23-24-21(27(19)25-20)15-5-2-1-3-6-15/h1-10,13,18H,11-12,14H2. The van der Waals surface area contributed by atoms with Gasteiger partial charge < -0.3 is 9.64 Å². The molecule has 0 spiro atoms. The minimum Gasteiger partial charge on any atom is -0.488 e. The van der Waals surface area contributed by atoms with Gasteiger partial charge in [0.25, 0.3) is 0 Å². The molecule has 6 nitrogen and oxygen atoms in total. The minimum absolute atomic E-state index is 0.102. The molecule has 1 atom stereocenters. The van der Waals surface area contributed by atoms with Crippen LogP contribution in [0.1, 0.15) is 6.42 Å². The lowest BCUT2D eigenvalue weighted by molar-refractivity contribution is 0.225. The smallest absolute Gasteiger partial charge is 0.185 e. The Hall–Kier alpha value is -3.12. The van der Waals surface area contributed by atoms with Gasteiger partial charge in [0, 0.05) is 23.6 Å². The Bertz CT molecular complexity index is 1110. The number of aromatic nitrogens is 4. The molecule has 4 aromatic rings. The van der Waals surface area contributed by atoms with E-state index in [0.29, 0.717) is 5.02 Å². The van der Waals surface area contributed by atoms with Crippen LogP contribution in [0.25, 0.3) is 17.0 Å². The number of hydrogen-bond acceptors (Lipinski definition) is 5. The summed E-state index contributed by atoms with van der Waals surface area (Å²) in [7, 11) is 0. The van der Waals surface area contributed by atoms with Crippen LogP contribution in [0.2, 0.25) is 5.02 Å². The van der Waals surface area contributed by atoms with E-state index in [2.05, 4.69) is 15.1 Å². The molecule has 5 rings (SSSR count). The van der Waals surface area contributed by atoms with E-state index in [-0.39, 0.29) is 6.10 Å². The van der Waals surface area contributed by atoms with Crippen LogP contribution in [-0.4, -0.2) is 39.0 Å². The Morgan fingerprint density at radius 2 is 1.86 bits per heavy atom. The van der Waals surface area contributed by atoms with Crippen LogP contribution < -0.4 is 9.64 Å². The average Bonchev–Trinajstić information content (AvgIpc) is 3.35. The first-order valence-corrected chi connectivity index (χ1v) is 9.59. The Balaban J connectivity index is 1.38. The van der Waals surface area contributed by atoms with Crippen molar-refractivity contribution in [2.45, 2.75) is 12.5 Å². The van der Waals surface area contributed by atoms with Gasteiger partial charge in [0.2, 0.25) is 0 Å². The fourth-order valence-corrected chi connectivity index (χ4v) is 3.66. The van der Waals surface area contributed by atoms with Gasteiger partial charge in [-0.1, -0.05) is 48.0 Å². The molecule has 1 fully saturated rings. The Morgan fingerprint density at radius 1 is 0.964 bits per heavy atom. The van der Waals surface area contributed by atoms with Gasteiger partial charge in [0.05, 0.1) is 6.54 Å². The van der Waals surface area contributed by atoms with Crippen molar-refractivity contribution in [2.24, 2.45) is 0 Å². The van der Waals surface area contributed by atoms with Crippen molar-refractivity contribution in [3.63, 3.8) is 0 Å². The number of rotatable bonds is 4. The Labute approximate surface area is 167 Å². The zero-order chi connectivity index (χ0) is 18.9. The lowest BCUT2D eigenvalue weighted by Gasteiger charge is -2.18. The first-order chi connectivity index (χ1) is 13.8. The second kappa shape index (κ2) is 7.13. The molecule has 0 saturated carbocycles. The van der Waals surface area contributed by atoms with Gasteiger partial charge in [-0.25, -0.2) is 0 Å². The SMILES string of the molecule is Clc1cccc(OC2CCN(c3ccc4nnc(-c5ccccc5)n4n3)C2)c1. The van der Waals surface area contributed by atoms with Crippen LogP contribution in [-0.2, 0) is 0 Å². The molecule has 2 aromatic heterocycles. The summed E-state index contributed by atoms with van der Waals surface area (Å²) in [6.07, 6.45) is 1.03. The largest absolute Gasteiger partial charge is 0.488 e. The van der Waals surface area contributed by atoms with Crippen LogP contribution in [0.3, 0.4) is 0 Å². The molecular weight excluding hydrogens is 374 g/mol. The van der Waals surface area contributed by atoms with Gasteiger partial charge in [0.15, 0.2) is 11.5 Å². The molecule has 7 heteroatoms. The maximum atomic E-state index is 6.09. The molecule has 2 aromatic carbocycles. The van der Waals surface area contributed by atoms with E-state index in [9.17, 15) is 0 Å². The van der Waals surface area contributed by atoms with E-state index in [0.717, 1.165) is 48.1 Å². The first-order valence-electron chi connectivity index (χ1n) is 9.21. The lowest BCUT2D eigenvalue weighted by atomic mass is 10.2. The molecule has 140 valence electrons. The molecule has 0 aliphatic carbocycles. The fraction of sp³-hybridized carbons (Fsp3) is 0.190. The highest BCUT2D eigenvalue weighted by Crippen LogP contribution is 2.25. The predicted octanol–water partition coefficient (Wildman–Crippen LogP) is 4.10. The van der Waals surface area contributed by atoms with Crippen LogP contribution in [0.15, 0.2) is 66.7 Å². The topological polar surface area (TPSA) is 55.5 Å². The number of halogens is 1. The van der Waals surface area contributed by atoms with Gasteiger partial charge in [-0.2, -0.15) is 4.52 Å². The van der Waals surface area contributed by atoms with E-state index in [1.54, 1.807) is 4.52 Å². The number of benzene rings is 2. The van der Waals surface area contributed by atoms with Crippen molar-refractivity contribution >= 4 is 23.1 Å². The van der Waals surface area contributed by atoms with Crippen LogP contribution in [0.5, 0.6) is 5.75 Å². The number of ether oxygens (including phenoxy) is 1. The van der Waals surface area contributed by atoms with Gasteiger partial charge in [-0.05, 0) is 30.3 Å². The molecule has 0 amide bonds. The maximum absolute atomic E-state index is 6.09. The summed E-state index contributed by atoms with van der Waals surface area (Å²) in [5, 5.41) is 14.0. The molecule has 28 heavy (non-hydrogen) atoms. The average molecular weight is 392 g/mol. The van der Waals surface area contributed by atoms with Gasteiger partial charge in [-0.15, -0.1) is 15.3 Å². The minimum atomic E-state index is 0.102. The van der Waals surface area contributed by atoms with E-state index in [1.807, 2.05) is 66.7 Å². The maximum Gasteiger partial charge on any atom is 0.185 e.